The maximum Gasteiger partial charge on any atom is 0.301 e. The molecule has 0 bridgehead atoms. The average molecular weight is 166 g/mol. The number of nitrogens with zero attached hydrogens (tertiary/aromatic N) is 1. The van der Waals surface area contributed by atoms with E-state index in [1.165, 1.54) is 12.5 Å². The molecular weight excluding hydrogens is 156 g/mol. The number of nitrogens with one attached hydrogen (secondary N) is 1. The Labute approximate surface area is 70.0 Å². The SMILES string of the molecule is CC1CC1C(=O)Nc1ncco1. The van der Waals surface area contributed by atoms with Crippen LogP contribution in [0.4, 0.5) is 6.01 Å². The van der Waals surface area contributed by atoms with Gasteiger partial charge in [-0.1, -0.05) is 6.92 Å². The molecule has 0 saturated heterocycles. The average Bonchev–Trinajstić information content (AvgIpc) is 2.58. The van der Waals surface area contributed by atoms with E-state index < -0.39 is 0 Å². The van der Waals surface area contributed by atoms with Crippen LogP contribution in [0.25, 0.3) is 0 Å². The minimum absolute atomic E-state index is 0.0185. The quantitative estimate of drug-likeness (QED) is 0.719. The summed E-state index contributed by atoms with van der Waals surface area (Å²) in [6.07, 6.45) is 3.92. The fourth-order valence-corrected chi connectivity index (χ4v) is 1.17. The minimum Gasteiger partial charge on any atom is -0.432 e. The Kier molecular flexibility index (Phi) is 1.60. The number of rotatable bonds is 2. The van der Waals surface area contributed by atoms with E-state index in [-0.39, 0.29) is 11.8 Å². The number of amides is 1. The third kappa shape index (κ3) is 1.32. The van der Waals surface area contributed by atoms with Crippen LogP contribution in [0.2, 0.25) is 0 Å². The van der Waals surface area contributed by atoms with Crippen LogP contribution in [0, 0.1) is 11.8 Å². The number of oxazole rings is 1. The topological polar surface area (TPSA) is 55.1 Å². The second-order valence-corrected chi connectivity index (χ2v) is 3.15. The lowest BCUT2D eigenvalue weighted by atomic mass is 10.3. The zero-order valence-electron chi connectivity index (χ0n) is 6.78. The fourth-order valence-electron chi connectivity index (χ4n) is 1.17. The van der Waals surface area contributed by atoms with E-state index in [0.29, 0.717) is 11.9 Å². The number of aromatic nitrogens is 1. The van der Waals surface area contributed by atoms with Crippen LogP contribution >= 0.6 is 0 Å². The van der Waals surface area contributed by atoms with Crippen molar-refractivity contribution in [2.75, 3.05) is 5.32 Å². The smallest absolute Gasteiger partial charge is 0.301 e. The lowest BCUT2D eigenvalue weighted by Gasteiger charge is -1.96. The molecular formula is C8H10N2O2. The summed E-state index contributed by atoms with van der Waals surface area (Å²) in [4.78, 5) is 15.1. The van der Waals surface area contributed by atoms with Gasteiger partial charge in [0.25, 0.3) is 0 Å². The van der Waals surface area contributed by atoms with E-state index in [2.05, 4.69) is 17.2 Å². The van der Waals surface area contributed by atoms with Gasteiger partial charge in [-0.2, -0.15) is 0 Å². The highest BCUT2D eigenvalue weighted by atomic mass is 16.4. The zero-order chi connectivity index (χ0) is 8.55. The Morgan fingerprint density at radius 2 is 2.58 bits per heavy atom. The Morgan fingerprint density at radius 1 is 1.83 bits per heavy atom. The summed E-state index contributed by atoms with van der Waals surface area (Å²) < 4.78 is 4.87. The Balaban J connectivity index is 1.92. The van der Waals surface area contributed by atoms with Gasteiger partial charge in [0.1, 0.15) is 6.26 Å². The summed E-state index contributed by atoms with van der Waals surface area (Å²) >= 11 is 0. The summed E-state index contributed by atoms with van der Waals surface area (Å²) in [6, 6.07) is 0.291. The van der Waals surface area contributed by atoms with Crippen LogP contribution in [0.1, 0.15) is 13.3 Å². The highest BCUT2D eigenvalue weighted by Crippen LogP contribution is 2.38. The summed E-state index contributed by atoms with van der Waals surface area (Å²) in [7, 11) is 0. The molecule has 2 atom stereocenters. The van der Waals surface area contributed by atoms with E-state index in [1.54, 1.807) is 0 Å². The predicted octanol–water partition coefficient (Wildman–Crippen LogP) is 1.27. The normalized spacial score (nSPS) is 26.8. The first kappa shape index (κ1) is 7.34. The van der Waals surface area contributed by atoms with Gasteiger partial charge < -0.3 is 4.42 Å². The summed E-state index contributed by atoms with van der Waals surface area (Å²) in [5.74, 6) is 0.696. The Hall–Kier alpha value is -1.32. The van der Waals surface area contributed by atoms with Crippen molar-refractivity contribution in [3.8, 4) is 0 Å². The van der Waals surface area contributed by atoms with E-state index in [9.17, 15) is 4.79 Å². The van der Waals surface area contributed by atoms with E-state index in [1.807, 2.05) is 0 Å². The first-order valence-electron chi connectivity index (χ1n) is 3.97. The highest BCUT2D eigenvalue weighted by molar-refractivity contribution is 5.92. The van der Waals surface area contributed by atoms with Crippen LogP contribution in [-0.4, -0.2) is 10.9 Å². The number of hydrogen-bond donors (Lipinski definition) is 1. The summed E-state index contributed by atoms with van der Waals surface area (Å²) in [6.45, 7) is 2.06. The zero-order valence-corrected chi connectivity index (χ0v) is 6.78. The van der Waals surface area contributed by atoms with E-state index in [0.717, 1.165) is 6.42 Å². The second-order valence-electron chi connectivity index (χ2n) is 3.15. The van der Waals surface area contributed by atoms with Crippen molar-refractivity contribution in [3.05, 3.63) is 12.5 Å². The largest absolute Gasteiger partial charge is 0.432 e. The maximum atomic E-state index is 11.3. The number of anilines is 1. The standard InChI is InChI=1S/C8H10N2O2/c1-5-4-6(5)7(11)10-8-9-2-3-12-8/h2-3,5-6H,4H2,1H3,(H,9,10,11). The number of carbonyl (C=O) groups excluding carboxylic acids is 1. The number of carbonyl (C=O) groups is 1. The molecule has 1 fully saturated rings. The monoisotopic (exact) mass is 166 g/mol. The van der Waals surface area contributed by atoms with Crippen molar-refractivity contribution >= 4 is 11.9 Å². The highest BCUT2D eigenvalue weighted by Gasteiger charge is 2.39. The van der Waals surface area contributed by atoms with E-state index in [4.69, 9.17) is 4.42 Å². The molecule has 12 heavy (non-hydrogen) atoms. The molecule has 1 aliphatic carbocycles. The van der Waals surface area contributed by atoms with Crippen molar-refractivity contribution in [3.63, 3.8) is 0 Å². The van der Waals surface area contributed by atoms with Crippen LogP contribution in [0.5, 0.6) is 0 Å². The van der Waals surface area contributed by atoms with Gasteiger partial charge in [0.05, 0.1) is 6.20 Å². The van der Waals surface area contributed by atoms with Crippen molar-refractivity contribution in [2.24, 2.45) is 11.8 Å². The van der Waals surface area contributed by atoms with Gasteiger partial charge in [0, 0.05) is 5.92 Å². The molecule has 1 N–H and O–H groups in total. The third-order valence-electron chi connectivity index (χ3n) is 2.11. The van der Waals surface area contributed by atoms with Crippen molar-refractivity contribution < 1.29 is 9.21 Å². The molecule has 0 aliphatic heterocycles. The van der Waals surface area contributed by atoms with Gasteiger partial charge in [-0.05, 0) is 12.3 Å². The van der Waals surface area contributed by atoms with Crippen LogP contribution < -0.4 is 5.32 Å². The molecule has 1 aromatic heterocycles. The number of hydrogen-bond acceptors (Lipinski definition) is 3. The molecule has 1 heterocycles. The first-order valence-corrected chi connectivity index (χ1v) is 3.97. The molecule has 4 heteroatoms. The molecule has 2 rings (SSSR count). The molecule has 0 aromatic carbocycles. The maximum absolute atomic E-state index is 11.3. The van der Waals surface area contributed by atoms with Crippen LogP contribution in [-0.2, 0) is 4.79 Å². The molecule has 4 nitrogen and oxygen atoms in total. The van der Waals surface area contributed by atoms with Crippen molar-refractivity contribution in [1.82, 2.24) is 4.98 Å². The molecule has 1 aliphatic rings. The van der Waals surface area contributed by atoms with E-state index >= 15 is 0 Å². The van der Waals surface area contributed by atoms with Crippen LogP contribution in [0.15, 0.2) is 16.9 Å². The van der Waals surface area contributed by atoms with Gasteiger partial charge in [0.15, 0.2) is 0 Å². The van der Waals surface area contributed by atoms with Crippen LogP contribution in [0.3, 0.4) is 0 Å². The predicted molar refractivity (Wildman–Crippen MR) is 42.4 cm³/mol. The Morgan fingerprint density at radius 3 is 3.08 bits per heavy atom. The lowest BCUT2D eigenvalue weighted by Crippen LogP contribution is -2.14. The van der Waals surface area contributed by atoms with Gasteiger partial charge in [-0.25, -0.2) is 4.98 Å². The van der Waals surface area contributed by atoms with Gasteiger partial charge in [-0.15, -0.1) is 0 Å². The molecule has 1 aromatic rings. The van der Waals surface area contributed by atoms with Gasteiger partial charge in [-0.3, -0.25) is 10.1 Å². The second kappa shape index (κ2) is 2.62. The van der Waals surface area contributed by atoms with Crippen molar-refractivity contribution in [2.45, 2.75) is 13.3 Å². The van der Waals surface area contributed by atoms with Crippen molar-refractivity contribution in [1.29, 1.82) is 0 Å². The Bertz CT molecular complexity index is 281. The summed E-state index contributed by atoms with van der Waals surface area (Å²) in [5, 5.41) is 2.60. The van der Waals surface area contributed by atoms with Gasteiger partial charge >= 0.3 is 6.01 Å². The first-order chi connectivity index (χ1) is 5.77. The van der Waals surface area contributed by atoms with Gasteiger partial charge in [0.2, 0.25) is 5.91 Å². The molecule has 64 valence electrons. The third-order valence-corrected chi connectivity index (χ3v) is 2.11. The molecule has 1 amide bonds. The summed E-state index contributed by atoms with van der Waals surface area (Å²) in [5.41, 5.74) is 0. The fraction of sp³-hybridized carbons (Fsp3) is 0.500. The minimum atomic E-state index is 0.0185. The molecule has 0 radical (unpaired) electrons. The molecule has 1 saturated carbocycles. The lowest BCUT2D eigenvalue weighted by molar-refractivity contribution is -0.117. The molecule has 2 unspecified atom stereocenters. The molecule has 0 spiro atoms.